The second-order valence-corrected chi connectivity index (χ2v) is 7.73. The molecule has 1 N–H and O–H groups in total. The van der Waals surface area contributed by atoms with Crippen LogP contribution < -0.4 is 5.32 Å². The van der Waals surface area contributed by atoms with E-state index in [9.17, 15) is 0 Å². The van der Waals surface area contributed by atoms with Crippen molar-refractivity contribution in [3.63, 3.8) is 0 Å². The zero-order valence-electron chi connectivity index (χ0n) is 14.7. The molecule has 2 aliphatic carbocycles. The normalized spacial score (nSPS) is 22.2. The Labute approximate surface area is 154 Å². The van der Waals surface area contributed by atoms with E-state index in [1.165, 1.54) is 27.2 Å². The van der Waals surface area contributed by atoms with Crippen molar-refractivity contribution >= 4 is 17.6 Å². The van der Waals surface area contributed by atoms with Crippen molar-refractivity contribution in [2.45, 2.75) is 24.7 Å². The second kappa shape index (κ2) is 7.49. The first-order chi connectivity index (χ1) is 12.3. The third-order valence-electron chi connectivity index (χ3n) is 5.02. The molecule has 0 spiro atoms. The standard InChI is InChI=1S/C22H24N2S/c1-16-11-12-17-7-2-3-8-18(17)20(16)15-25-21-10-5-4-9-19(21)22-23-13-6-14-24-22/h2-5,8-12,17H,6-7,13-15H2,1H3,(H,23,24). The van der Waals surface area contributed by atoms with Gasteiger partial charge in [-0.05, 0) is 42.6 Å². The molecule has 0 fully saturated rings. The molecule has 0 aromatic heterocycles. The topological polar surface area (TPSA) is 24.4 Å². The summed E-state index contributed by atoms with van der Waals surface area (Å²) in [6.07, 6.45) is 13.7. The number of thioether (sulfide) groups is 1. The fourth-order valence-corrected chi connectivity index (χ4v) is 4.78. The first-order valence-electron chi connectivity index (χ1n) is 9.08. The summed E-state index contributed by atoms with van der Waals surface area (Å²) in [5.74, 6) is 2.63. The van der Waals surface area contributed by atoms with E-state index in [0.29, 0.717) is 5.92 Å². The molecule has 4 rings (SSSR count). The van der Waals surface area contributed by atoms with Crippen LogP contribution in [0.5, 0.6) is 0 Å². The Kier molecular flexibility index (Phi) is 4.93. The summed E-state index contributed by atoms with van der Waals surface area (Å²) in [4.78, 5) is 6.00. The lowest BCUT2D eigenvalue weighted by Gasteiger charge is -2.26. The molecule has 1 atom stereocenters. The van der Waals surface area contributed by atoms with Gasteiger partial charge in [0.15, 0.2) is 0 Å². The summed E-state index contributed by atoms with van der Waals surface area (Å²) in [5, 5.41) is 3.46. The predicted octanol–water partition coefficient (Wildman–Crippen LogP) is 4.91. The molecule has 1 aromatic rings. The summed E-state index contributed by atoms with van der Waals surface area (Å²) >= 11 is 1.93. The average Bonchev–Trinajstić information content (AvgIpc) is 2.68. The molecule has 2 nitrogen and oxygen atoms in total. The molecule has 1 unspecified atom stereocenters. The van der Waals surface area contributed by atoms with Crippen molar-refractivity contribution in [3.8, 4) is 0 Å². The number of allylic oxidation sites excluding steroid dienone is 7. The molecular formula is C22H24N2S. The molecule has 1 aliphatic heterocycles. The van der Waals surface area contributed by atoms with E-state index in [2.05, 4.69) is 71.9 Å². The molecule has 3 aliphatic rings. The quantitative estimate of drug-likeness (QED) is 0.782. The SMILES string of the molecule is CC1=C(CSc2ccccc2C2=NCCCN2)C2=CC=CCC2C=C1. The van der Waals surface area contributed by atoms with Crippen molar-refractivity contribution in [3.05, 3.63) is 76.9 Å². The Morgan fingerprint density at radius 2 is 2.20 bits per heavy atom. The highest BCUT2D eigenvalue weighted by atomic mass is 32.2. The van der Waals surface area contributed by atoms with E-state index >= 15 is 0 Å². The van der Waals surface area contributed by atoms with Crippen LogP contribution in [-0.4, -0.2) is 24.7 Å². The minimum absolute atomic E-state index is 0.559. The summed E-state index contributed by atoms with van der Waals surface area (Å²) in [7, 11) is 0. The van der Waals surface area contributed by atoms with Crippen LogP contribution in [0.25, 0.3) is 0 Å². The Balaban J connectivity index is 1.57. The third-order valence-corrected chi connectivity index (χ3v) is 6.12. The number of benzene rings is 1. The van der Waals surface area contributed by atoms with E-state index in [-0.39, 0.29) is 0 Å². The largest absolute Gasteiger partial charge is 0.370 e. The van der Waals surface area contributed by atoms with Crippen LogP contribution in [0.3, 0.4) is 0 Å². The van der Waals surface area contributed by atoms with Crippen molar-refractivity contribution in [2.75, 3.05) is 18.8 Å². The fourth-order valence-electron chi connectivity index (χ4n) is 3.59. The van der Waals surface area contributed by atoms with E-state index in [0.717, 1.165) is 37.5 Å². The number of fused-ring (bicyclic) bond motifs is 1. The summed E-state index contributed by atoms with van der Waals surface area (Å²) in [6.45, 7) is 4.19. The Hall–Kier alpha value is -2.00. The Bertz CT molecular complexity index is 811. The van der Waals surface area contributed by atoms with Crippen LogP contribution in [0.1, 0.15) is 25.3 Å². The van der Waals surface area contributed by atoms with Crippen LogP contribution in [0.2, 0.25) is 0 Å². The fraction of sp³-hybridized carbons (Fsp3) is 0.318. The van der Waals surface area contributed by atoms with Gasteiger partial charge >= 0.3 is 0 Å². The van der Waals surface area contributed by atoms with Crippen LogP contribution >= 0.6 is 11.8 Å². The number of nitrogens with one attached hydrogen (secondary N) is 1. The van der Waals surface area contributed by atoms with Gasteiger partial charge in [-0.2, -0.15) is 0 Å². The second-order valence-electron chi connectivity index (χ2n) is 6.71. The molecule has 1 heterocycles. The van der Waals surface area contributed by atoms with Gasteiger partial charge in [0.1, 0.15) is 5.84 Å². The molecule has 128 valence electrons. The summed E-state index contributed by atoms with van der Waals surface area (Å²) in [6, 6.07) is 8.64. The van der Waals surface area contributed by atoms with Crippen LogP contribution in [0.15, 0.2) is 81.3 Å². The van der Waals surface area contributed by atoms with Crippen LogP contribution in [0.4, 0.5) is 0 Å². The molecule has 3 heteroatoms. The van der Waals surface area contributed by atoms with Gasteiger partial charge in [0.05, 0.1) is 0 Å². The lowest BCUT2D eigenvalue weighted by molar-refractivity contribution is 0.741. The van der Waals surface area contributed by atoms with Crippen LogP contribution in [0, 0.1) is 5.92 Å². The minimum Gasteiger partial charge on any atom is -0.370 e. The number of hydrogen-bond acceptors (Lipinski definition) is 3. The van der Waals surface area contributed by atoms with Crippen molar-refractivity contribution in [1.82, 2.24) is 5.32 Å². The van der Waals surface area contributed by atoms with Gasteiger partial charge < -0.3 is 5.32 Å². The Morgan fingerprint density at radius 3 is 3.08 bits per heavy atom. The maximum atomic E-state index is 4.68. The van der Waals surface area contributed by atoms with Crippen molar-refractivity contribution < 1.29 is 0 Å². The summed E-state index contributed by atoms with van der Waals surface area (Å²) < 4.78 is 0. The molecule has 0 bridgehead atoms. The Morgan fingerprint density at radius 1 is 1.28 bits per heavy atom. The monoisotopic (exact) mass is 348 g/mol. The lowest BCUT2D eigenvalue weighted by atomic mass is 9.81. The van der Waals surface area contributed by atoms with Gasteiger partial charge in [-0.3, -0.25) is 4.99 Å². The zero-order valence-corrected chi connectivity index (χ0v) is 15.5. The van der Waals surface area contributed by atoms with Crippen LogP contribution in [-0.2, 0) is 0 Å². The summed E-state index contributed by atoms with van der Waals surface area (Å²) in [5.41, 5.74) is 5.64. The zero-order chi connectivity index (χ0) is 17.1. The number of nitrogens with zero attached hydrogens (tertiary/aromatic N) is 1. The highest BCUT2D eigenvalue weighted by Gasteiger charge is 2.21. The van der Waals surface area contributed by atoms with Gasteiger partial charge in [-0.25, -0.2) is 0 Å². The molecule has 0 saturated heterocycles. The maximum absolute atomic E-state index is 4.68. The third kappa shape index (κ3) is 3.52. The molecular weight excluding hydrogens is 324 g/mol. The lowest BCUT2D eigenvalue weighted by Crippen LogP contribution is -2.30. The average molecular weight is 349 g/mol. The molecule has 0 radical (unpaired) electrons. The van der Waals surface area contributed by atoms with Crippen molar-refractivity contribution in [2.24, 2.45) is 10.9 Å². The number of aliphatic imine (C=N–C) groups is 1. The maximum Gasteiger partial charge on any atom is 0.129 e. The number of rotatable bonds is 4. The van der Waals surface area contributed by atoms with E-state index in [4.69, 9.17) is 0 Å². The highest BCUT2D eigenvalue weighted by Crippen LogP contribution is 2.37. The van der Waals surface area contributed by atoms with Gasteiger partial charge in [-0.1, -0.05) is 48.6 Å². The van der Waals surface area contributed by atoms with Gasteiger partial charge in [0.25, 0.3) is 0 Å². The highest BCUT2D eigenvalue weighted by molar-refractivity contribution is 7.99. The molecule has 25 heavy (non-hydrogen) atoms. The minimum atomic E-state index is 0.559. The number of amidine groups is 1. The van der Waals surface area contributed by atoms with E-state index in [1.807, 2.05) is 11.8 Å². The molecule has 0 saturated carbocycles. The van der Waals surface area contributed by atoms with E-state index in [1.54, 1.807) is 0 Å². The molecule has 1 aromatic carbocycles. The first kappa shape index (κ1) is 16.5. The van der Waals surface area contributed by atoms with Gasteiger partial charge in [0.2, 0.25) is 0 Å². The van der Waals surface area contributed by atoms with E-state index < -0.39 is 0 Å². The first-order valence-corrected chi connectivity index (χ1v) is 10.1. The predicted molar refractivity (Wildman–Crippen MR) is 108 cm³/mol. The van der Waals surface area contributed by atoms with Crippen molar-refractivity contribution in [1.29, 1.82) is 0 Å². The number of hydrogen-bond donors (Lipinski definition) is 1. The smallest absolute Gasteiger partial charge is 0.129 e. The van der Waals surface area contributed by atoms with Gasteiger partial charge in [-0.15, -0.1) is 11.8 Å². The van der Waals surface area contributed by atoms with Gasteiger partial charge in [0, 0.05) is 35.2 Å². The molecule has 0 amide bonds.